The fraction of sp³-hybridized carbons (Fsp3) is 0.333. The van der Waals surface area contributed by atoms with Crippen molar-refractivity contribution in [2.45, 2.75) is 46.0 Å². The lowest BCUT2D eigenvalue weighted by Gasteiger charge is -2.19. The normalized spacial score (nSPS) is 11.4. The Morgan fingerprint density at radius 3 is 2.40 bits per heavy atom. The summed E-state index contributed by atoms with van der Waals surface area (Å²) in [5.74, 6) is 0.427. The molecule has 0 aliphatic rings. The Kier molecular flexibility index (Phi) is 6.87. The van der Waals surface area contributed by atoms with Crippen LogP contribution in [0.15, 0.2) is 48.5 Å². The first-order valence-corrected chi connectivity index (χ1v) is 10.8. The topological polar surface area (TPSA) is 51.2 Å². The van der Waals surface area contributed by atoms with Crippen LogP contribution < -0.4 is 10.1 Å². The highest BCUT2D eigenvalue weighted by atomic mass is 32.1. The van der Waals surface area contributed by atoms with Crippen LogP contribution in [-0.4, -0.2) is 17.5 Å². The molecule has 3 rings (SSSR count). The van der Waals surface area contributed by atoms with Gasteiger partial charge in [-0.2, -0.15) is 0 Å². The summed E-state index contributed by atoms with van der Waals surface area (Å²) < 4.78 is 18.9. The van der Waals surface area contributed by atoms with Gasteiger partial charge in [-0.3, -0.25) is 4.79 Å². The molecular formula is C24H27FN2O2S. The van der Waals surface area contributed by atoms with Gasteiger partial charge in [-0.25, -0.2) is 9.37 Å². The summed E-state index contributed by atoms with van der Waals surface area (Å²) >= 11 is 1.41. The van der Waals surface area contributed by atoms with E-state index < -0.39 is 0 Å². The summed E-state index contributed by atoms with van der Waals surface area (Å²) in [4.78, 5) is 17.7. The van der Waals surface area contributed by atoms with Gasteiger partial charge in [0.05, 0.1) is 12.3 Å². The number of aryl methyl sites for hydroxylation is 1. The van der Waals surface area contributed by atoms with Crippen LogP contribution in [0.5, 0.6) is 5.75 Å². The zero-order valence-corrected chi connectivity index (χ0v) is 18.6. The second-order valence-corrected chi connectivity index (χ2v) is 9.41. The Bertz CT molecular complexity index is 990. The third-order valence-corrected chi connectivity index (χ3v) is 5.58. The van der Waals surface area contributed by atoms with Gasteiger partial charge in [0.25, 0.3) is 0 Å². The molecule has 0 saturated carbocycles. The molecular weight excluding hydrogens is 399 g/mol. The minimum absolute atomic E-state index is 0.0962. The predicted molar refractivity (Wildman–Crippen MR) is 121 cm³/mol. The summed E-state index contributed by atoms with van der Waals surface area (Å²) in [5, 5.41) is 3.40. The largest absolute Gasteiger partial charge is 0.494 e. The second-order valence-electron chi connectivity index (χ2n) is 8.21. The van der Waals surface area contributed by atoms with Crippen molar-refractivity contribution in [2.24, 2.45) is 0 Å². The molecule has 0 fully saturated rings. The highest BCUT2D eigenvalue weighted by Crippen LogP contribution is 2.30. The van der Waals surface area contributed by atoms with E-state index in [1.165, 1.54) is 29.0 Å². The van der Waals surface area contributed by atoms with E-state index in [9.17, 15) is 9.18 Å². The number of hydrogen-bond donors (Lipinski definition) is 1. The fourth-order valence-electron chi connectivity index (χ4n) is 2.98. The predicted octanol–water partition coefficient (Wildman–Crippen LogP) is 6.35. The van der Waals surface area contributed by atoms with E-state index in [0.29, 0.717) is 24.6 Å². The van der Waals surface area contributed by atoms with E-state index in [1.54, 1.807) is 12.1 Å². The Morgan fingerprint density at radius 1 is 1.10 bits per heavy atom. The molecule has 0 aliphatic heterocycles. The third kappa shape index (κ3) is 5.89. The molecule has 1 amide bonds. The Hall–Kier alpha value is -2.73. The number of anilines is 1. The van der Waals surface area contributed by atoms with Crippen molar-refractivity contribution >= 4 is 22.4 Å². The zero-order valence-electron chi connectivity index (χ0n) is 17.8. The Labute approximate surface area is 181 Å². The molecule has 4 nitrogen and oxygen atoms in total. The SMILES string of the molecule is Cc1sc(NC(=O)CCCOc2ccc(C(C)(C)C)cc2)nc1-c1ccc(F)cc1. The van der Waals surface area contributed by atoms with E-state index in [1.807, 2.05) is 19.1 Å². The molecule has 1 N–H and O–H groups in total. The molecule has 158 valence electrons. The average molecular weight is 427 g/mol. The van der Waals surface area contributed by atoms with Crippen molar-refractivity contribution in [3.8, 4) is 17.0 Å². The maximum atomic E-state index is 13.1. The molecule has 1 heterocycles. The summed E-state index contributed by atoms with van der Waals surface area (Å²) in [6.45, 7) is 8.93. The lowest BCUT2D eigenvalue weighted by atomic mass is 9.87. The molecule has 3 aromatic rings. The van der Waals surface area contributed by atoms with Crippen molar-refractivity contribution in [3.05, 3.63) is 64.8 Å². The molecule has 6 heteroatoms. The maximum absolute atomic E-state index is 13.1. The van der Waals surface area contributed by atoms with Gasteiger partial charge in [0, 0.05) is 16.9 Å². The van der Waals surface area contributed by atoms with Crippen molar-refractivity contribution in [2.75, 3.05) is 11.9 Å². The highest BCUT2D eigenvalue weighted by molar-refractivity contribution is 7.16. The summed E-state index contributed by atoms with van der Waals surface area (Å²) in [7, 11) is 0. The Balaban J connectivity index is 1.46. The first kappa shape index (κ1) is 22.0. The second kappa shape index (κ2) is 9.39. The van der Waals surface area contributed by atoms with E-state index >= 15 is 0 Å². The zero-order chi connectivity index (χ0) is 21.7. The number of nitrogens with zero attached hydrogens (tertiary/aromatic N) is 1. The van der Waals surface area contributed by atoms with Crippen molar-refractivity contribution in [1.29, 1.82) is 0 Å². The van der Waals surface area contributed by atoms with Crippen LogP contribution in [0.4, 0.5) is 9.52 Å². The van der Waals surface area contributed by atoms with Crippen molar-refractivity contribution < 1.29 is 13.9 Å². The van der Waals surface area contributed by atoms with Gasteiger partial charge in [-0.15, -0.1) is 11.3 Å². The summed E-state index contributed by atoms with van der Waals surface area (Å²) in [6.07, 6.45) is 0.965. The van der Waals surface area contributed by atoms with Crippen LogP contribution in [0.1, 0.15) is 44.1 Å². The van der Waals surface area contributed by atoms with Crippen LogP contribution in [0.25, 0.3) is 11.3 Å². The molecule has 0 spiro atoms. The fourth-order valence-corrected chi connectivity index (χ4v) is 3.83. The molecule has 0 aliphatic carbocycles. The van der Waals surface area contributed by atoms with Gasteiger partial charge in [0.2, 0.25) is 5.91 Å². The smallest absolute Gasteiger partial charge is 0.226 e. The minimum atomic E-state index is -0.285. The quantitative estimate of drug-likeness (QED) is 0.448. The molecule has 0 saturated heterocycles. The molecule has 2 aromatic carbocycles. The van der Waals surface area contributed by atoms with Crippen molar-refractivity contribution in [3.63, 3.8) is 0 Å². The van der Waals surface area contributed by atoms with Gasteiger partial charge in [0.1, 0.15) is 11.6 Å². The standard InChI is InChI=1S/C24H27FN2O2S/c1-16-22(17-7-11-19(25)12-8-17)27-23(30-16)26-21(28)6-5-15-29-20-13-9-18(10-14-20)24(2,3)4/h7-14H,5-6,15H2,1-4H3,(H,26,27,28). The van der Waals surface area contributed by atoms with Gasteiger partial charge in [-0.1, -0.05) is 32.9 Å². The summed E-state index contributed by atoms with van der Waals surface area (Å²) in [5.41, 5.74) is 2.96. The number of ether oxygens (including phenoxy) is 1. The molecule has 0 radical (unpaired) electrons. The molecule has 0 bridgehead atoms. The number of rotatable bonds is 7. The van der Waals surface area contributed by atoms with E-state index in [4.69, 9.17) is 4.74 Å². The van der Waals surface area contributed by atoms with E-state index in [-0.39, 0.29) is 17.1 Å². The number of aromatic nitrogens is 1. The first-order valence-electron chi connectivity index (χ1n) is 9.99. The number of hydrogen-bond acceptors (Lipinski definition) is 4. The number of carbonyl (C=O) groups is 1. The van der Waals surface area contributed by atoms with Gasteiger partial charge < -0.3 is 10.1 Å². The van der Waals surface area contributed by atoms with E-state index in [2.05, 4.69) is 43.2 Å². The number of amides is 1. The number of halogens is 1. The molecule has 0 unspecified atom stereocenters. The number of thiazole rings is 1. The van der Waals surface area contributed by atoms with Gasteiger partial charge in [0.15, 0.2) is 5.13 Å². The van der Waals surface area contributed by atoms with Gasteiger partial charge >= 0.3 is 0 Å². The van der Waals surface area contributed by atoms with Crippen LogP contribution in [0.3, 0.4) is 0 Å². The lowest BCUT2D eigenvalue weighted by molar-refractivity contribution is -0.116. The van der Waals surface area contributed by atoms with Crippen LogP contribution in [0, 0.1) is 12.7 Å². The molecule has 0 atom stereocenters. The number of nitrogens with one attached hydrogen (secondary N) is 1. The molecule has 1 aromatic heterocycles. The van der Waals surface area contributed by atoms with Crippen LogP contribution in [-0.2, 0) is 10.2 Å². The lowest BCUT2D eigenvalue weighted by Crippen LogP contribution is -2.13. The third-order valence-electron chi connectivity index (χ3n) is 4.70. The maximum Gasteiger partial charge on any atom is 0.226 e. The van der Waals surface area contributed by atoms with Crippen molar-refractivity contribution in [1.82, 2.24) is 4.98 Å². The average Bonchev–Trinajstić information content (AvgIpc) is 3.05. The highest BCUT2D eigenvalue weighted by Gasteiger charge is 2.14. The monoisotopic (exact) mass is 426 g/mol. The van der Waals surface area contributed by atoms with Crippen LogP contribution >= 0.6 is 11.3 Å². The molecule has 30 heavy (non-hydrogen) atoms. The number of benzene rings is 2. The Morgan fingerprint density at radius 2 is 1.77 bits per heavy atom. The van der Waals surface area contributed by atoms with Gasteiger partial charge in [-0.05, 0) is 60.7 Å². The summed E-state index contributed by atoms with van der Waals surface area (Å²) in [6, 6.07) is 14.3. The number of carbonyl (C=O) groups excluding carboxylic acids is 1. The first-order chi connectivity index (χ1) is 14.2. The minimum Gasteiger partial charge on any atom is -0.494 e. The van der Waals surface area contributed by atoms with Crippen LogP contribution in [0.2, 0.25) is 0 Å². The van der Waals surface area contributed by atoms with E-state index in [0.717, 1.165) is 21.9 Å².